The van der Waals surface area contributed by atoms with Crippen molar-refractivity contribution in [3.05, 3.63) is 59.9 Å². The van der Waals surface area contributed by atoms with E-state index >= 15 is 0 Å². The number of aromatic nitrogens is 1. The highest BCUT2D eigenvalue weighted by Crippen LogP contribution is 2.00. The van der Waals surface area contributed by atoms with Gasteiger partial charge < -0.3 is 4.57 Å². The lowest BCUT2D eigenvalue weighted by atomic mass is 10.1. The Kier molecular flexibility index (Phi) is 4.91. The Bertz CT molecular complexity index is 610. The van der Waals surface area contributed by atoms with Crippen LogP contribution in [-0.2, 0) is 6.54 Å². The third-order valence-corrected chi connectivity index (χ3v) is 2.79. The van der Waals surface area contributed by atoms with E-state index in [4.69, 9.17) is 0 Å². The zero-order chi connectivity index (χ0) is 13.3. The third-order valence-electron chi connectivity index (χ3n) is 2.79. The zero-order valence-electron chi connectivity index (χ0n) is 11.2. The van der Waals surface area contributed by atoms with Gasteiger partial charge in [0.15, 0.2) is 0 Å². The van der Waals surface area contributed by atoms with Gasteiger partial charge in [0.25, 0.3) is 0 Å². The summed E-state index contributed by atoms with van der Waals surface area (Å²) >= 11 is 0. The molecule has 19 heavy (non-hydrogen) atoms. The molecule has 0 N–H and O–H groups in total. The molecule has 1 aromatic heterocycles. The molecule has 2 rings (SSSR count). The van der Waals surface area contributed by atoms with Gasteiger partial charge >= 0.3 is 0 Å². The number of aryl methyl sites for hydroxylation is 2. The van der Waals surface area contributed by atoms with Gasteiger partial charge in [-0.15, -0.1) is 0 Å². The number of unbranched alkanes of at least 4 members (excludes halogenated alkanes) is 1. The molecule has 0 spiro atoms. The molecule has 94 valence electrons. The zero-order valence-corrected chi connectivity index (χ0v) is 11.2. The van der Waals surface area contributed by atoms with E-state index in [1.54, 1.807) is 0 Å². The van der Waals surface area contributed by atoms with E-state index in [9.17, 15) is 0 Å². The lowest BCUT2D eigenvalue weighted by molar-refractivity contribution is 0.659. The minimum Gasteiger partial charge on any atom is -0.354 e. The van der Waals surface area contributed by atoms with Gasteiger partial charge in [-0.3, -0.25) is 0 Å². The number of rotatable bonds is 3. The summed E-state index contributed by atoms with van der Waals surface area (Å²) in [5.74, 6) is 11.9. The average molecular weight is 247 g/mol. The molecule has 0 bridgehead atoms. The highest BCUT2D eigenvalue weighted by molar-refractivity contribution is 5.40. The van der Waals surface area contributed by atoms with Crippen molar-refractivity contribution in [3.63, 3.8) is 0 Å². The summed E-state index contributed by atoms with van der Waals surface area (Å²) in [6.07, 6.45) is 6.10. The van der Waals surface area contributed by atoms with Crippen molar-refractivity contribution in [1.82, 2.24) is 4.57 Å². The van der Waals surface area contributed by atoms with E-state index < -0.39 is 0 Å². The van der Waals surface area contributed by atoms with Crippen LogP contribution in [0.15, 0.2) is 48.8 Å². The highest BCUT2D eigenvalue weighted by atomic mass is 14.9. The summed E-state index contributed by atoms with van der Waals surface area (Å²) in [6, 6.07) is 12.3. The third kappa shape index (κ3) is 4.78. The number of nitrogens with zero attached hydrogens (tertiary/aromatic N) is 1. The van der Waals surface area contributed by atoms with Gasteiger partial charge in [0.2, 0.25) is 0 Å². The quantitative estimate of drug-likeness (QED) is 0.576. The van der Waals surface area contributed by atoms with E-state index in [0.29, 0.717) is 0 Å². The second-order valence-electron chi connectivity index (χ2n) is 4.44. The molecular weight excluding hydrogens is 230 g/mol. The van der Waals surface area contributed by atoms with Gasteiger partial charge in [-0.1, -0.05) is 29.5 Å². The Morgan fingerprint density at radius 3 is 2.47 bits per heavy atom. The van der Waals surface area contributed by atoms with Crippen LogP contribution in [0.4, 0.5) is 0 Å². The van der Waals surface area contributed by atoms with Crippen LogP contribution in [-0.4, -0.2) is 4.57 Å². The number of hydrogen-bond donors (Lipinski definition) is 0. The molecule has 0 aliphatic heterocycles. The lowest BCUT2D eigenvalue weighted by Crippen LogP contribution is -1.92. The Hall–Kier alpha value is -2.38. The molecule has 1 nitrogen and oxygen atoms in total. The van der Waals surface area contributed by atoms with Crippen LogP contribution in [0.5, 0.6) is 0 Å². The van der Waals surface area contributed by atoms with Crippen LogP contribution in [0, 0.1) is 30.6 Å². The fraction of sp³-hybridized carbons (Fsp3) is 0.222. The minimum absolute atomic E-state index is 0.890. The Balaban J connectivity index is 1.74. The first-order valence-electron chi connectivity index (χ1n) is 6.51. The van der Waals surface area contributed by atoms with Gasteiger partial charge in [-0.2, -0.15) is 0 Å². The monoisotopic (exact) mass is 247 g/mol. The molecule has 0 fully saturated rings. The van der Waals surface area contributed by atoms with Gasteiger partial charge in [0, 0.05) is 30.9 Å². The van der Waals surface area contributed by atoms with Crippen LogP contribution < -0.4 is 0 Å². The van der Waals surface area contributed by atoms with Gasteiger partial charge in [0.1, 0.15) is 0 Å². The molecule has 0 amide bonds. The normalized spacial score (nSPS) is 9.11. The van der Waals surface area contributed by atoms with Crippen molar-refractivity contribution in [2.75, 3.05) is 0 Å². The van der Waals surface area contributed by atoms with Crippen LogP contribution in [0.25, 0.3) is 0 Å². The Morgan fingerprint density at radius 1 is 1.00 bits per heavy atom. The van der Waals surface area contributed by atoms with Crippen molar-refractivity contribution >= 4 is 0 Å². The molecule has 1 aromatic carbocycles. The summed E-state index contributed by atoms with van der Waals surface area (Å²) in [5.41, 5.74) is 2.27. The standard InChI is InChI=1S/C18H17N/c1-17-10-12-18(13-11-17)9-5-3-2-4-6-14-19-15-7-8-16-19/h7-8,10-13,15-16H,4,6,14H2,1H3. The predicted molar refractivity (Wildman–Crippen MR) is 79.5 cm³/mol. The molecule has 0 atom stereocenters. The van der Waals surface area contributed by atoms with E-state index in [1.165, 1.54) is 5.56 Å². The smallest absolute Gasteiger partial charge is 0.0255 e. The van der Waals surface area contributed by atoms with E-state index in [-0.39, 0.29) is 0 Å². The van der Waals surface area contributed by atoms with Crippen molar-refractivity contribution in [2.45, 2.75) is 26.3 Å². The highest BCUT2D eigenvalue weighted by Gasteiger charge is 1.87. The minimum atomic E-state index is 0.890. The van der Waals surface area contributed by atoms with Crippen LogP contribution in [0.3, 0.4) is 0 Å². The number of benzene rings is 1. The van der Waals surface area contributed by atoms with Crippen molar-refractivity contribution in [1.29, 1.82) is 0 Å². The molecule has 0 saturated carbocycles. The average Bonchev–Trinajstić information content (AvgIpc) is 2.93. The van der Waals surface area contributed by atoms with Gasteiger partial charge in [0.05, 0.1) is 0 Å². The van der Waals surface area contributed by atoms with Crippen molar-refractivity contribution < 1.29 is 0 Å². The van der Waals surface area contributed by atoms with Crippen LogP contribution >= 0.6 is 0 Å². The van der Waals surface area contributed by atoms with Crippen LogP contribution in [0.1, 0.15) is 24.0 Å². The number of hydrogen-bond acceptors (Lipinski definition) is 0. The Morgan fingerprint density at radius 2 is 1.74 bits per heavy atom. The fourth-order valence-electron chi connectivity index (χ4n) is 1.72. The second-order valence-corrected chi connectivity index (χ2v) is 4.44. The summed E-state index contributed by atoms with van der Waals surface area (Å²) in [6.45, 7) is 3.09. The summed E-state index contributed by atoms with van der Waals surface area (Å²) in [5, 5.41) is 0. The fourth-order valence-corrected chi connectivity index (χ4v) is 1.72. The first-order valence-corrected chi connectivity index (χ1v) is 6.51. The maximum absolute atomic E-state index is 3.09. The molecule has 0 aliphatic carbocycles. The molecule has 0 saturated heterocycles. The maximum Gasteiger partial charge on any atom is 0.0255 e. The summed E-state index contributed by atoms with van der Waals surface area (Å²) in [4.78, 5) is 0. The summed E-state index contributed by atoms with van der Waals surface area (Å²) in [7, 11) is 0. The van der Waals surface area contributed by atoms with Crippen LogP contribution in [0.2, 0.25) is 0 Å². The lowest BCUT2D eigenvalue weighted by Gasteiger charge is -1.97. The molecule has 1 heterocycles. The molecule has 0 aliphatic rings. The molecule has 1 heteroatoms. The van der Waals surface area contributed by atoms with Crippen molar-refractivity contribution in [2.24, 2.45) is 0 Å². The first kappa shape index (κ1) is 13.1. The van der Waals surface area contributed by atoms with E-state index in [2.05, 4.69) is 59.7 Å². The molecule has 0 unspecified atom stereocenters. The van der Waals surface area contributed by atoms with E-state index in [1.807, 2.05) is 24.3 Å². The molecule has 0 radical (unpaired) electrons. The Labute approximate surface area is 115 Å². The SMILES string of the molecule is Cc1ccc(C#CC#CCCCn2cccc2)cc1. The largest absolute Gasteiger partial charge is 0.354 e. The molecular formula is C18H17N. The predicted octanol–water partition coefficient (Wildman–Crippen LogP) is 3.63. The second kappa shape index (κ2) is 7.14. The first-order chi connectivity index (χ1) is 9.34. The summed E-state index contributed by atoms with van der Waals surface area (Å²) < 4.78 is 2.17. The maximum atomic E-state index is 3.09. The van der Waals surface area contributed by atoms with Crippen molar-refractivity contribution in [3.8, 4) is 23.7 Å². The molecule has 2 aromatic rings. The van der Waals surface area contributed by atoms with E-state index in [0.717, 1.165) is 24.9 Å². The van der Waals surface area contributed by atoms with Gasteiger partial charge in [-0.05, 0) is 49.5 Å². The van der Waals surface area contributed by atoms with Gasteiger partial charge in [-0.25, -0.2) is 0 Å². The topological polar surface area (TPSA) is 4.93 Å².